The molecule has 1 aromatic rings. The third kappa shape index (κ3) is 5.31. The maximum Gasteiger partial charge on any atom is 0.490 e. The van der Waals surface area contributed by atoms with Gasteiger partial charge in [-0.15, -0.1) is 11.3 Å². The van der Waals surface area contributed by atoms with E-state index in [0.29, 0.717) is 11.7 Å². The number of thiazole rings is 1. The van der Waals surface area contributed by atoms with Crippen LogP contribution in [0.15, 0.2) is 5.38 Å². The van der Waals surface area contributed by atoms with E-state index in [2.05, 4.69) is 15.0 Å². The summed E-state index contributed by atoms with van der Waals surface area (Å²) >= 11 is 1.52. The molecule has 1 aromatic heterocycles. The van der Waals surface area contributed by atoms with Gasteiger partial charge in [-0.25, -0.2) is 14.6 Å². The third-order valence-electron chi connectivity index (χ3n) is 2.52. The summed E-state index contributed by atoms with van der Waals surface area (Å²) < 4.78 is 36.3. The van der Waals surface area contributed by atoms with Crippen LogP contribution in [0.1, 0.15) is 34.4 Å². The molecule has 2 N–H and O–H groups in total. The van der Waals surface area contributed by atoms with E-state index in [0.717, 1.165) is 18.0 Å². The van der Waals surface area contributed by atoms with E-state index in [-0.39, 0.29) is 5.97 Å². The maximum atomic E-state index is 11.1. The second-order valence-corrected chi connectivity index (χ2v) is 4.90. The van der Waals surface area contributed by atoms with Gasteiger partial charge in [0.05, 0.1) is 13.2 Å². The number of carbonyl (C=O) groups excluding carboxylic acids is 1. The predicted molar refractivity (Wildman–Crippen MR) is 67.1 cm³/mol. The fourth-order valence-electron chi connectivity index (χ4n) is 1.54. The summed E-state index contributed by atoms with van der Waals surface area (Å²) in [5.74, 6) is -3.11. The Morgan fingerprint density at radius 1 is 1.52 bits per heavy atom. The molecule has 0 unspecified atom stereocenters. The molecule has 2 heterocycles. The Balaban J connectivity index is 0.000000270. The molecule has 0 amide bonds. The molecule has 10 heteroatoms. The minimum absolute atomic E-state index is 0.332. The van der Waals surface area contributed by atoms with E-state index >= 15 is 0 Å². The lowest BCUT2D eigenvalue weighted by Crippen LogP contribution is -2.21. The zero-order chi connectivity index (χ0) is 16.0. The van der Waals surface area contributed by atoms with Crippen molar-refractivity contribution < 1.29 is 32.6 Å². The van der Waals surface area contributed by atoms with E-state index in [1.165, 1.54) is 24.9 Å². The molecule has 1 saturated heterocycles. The van der Waals surface area contributed by atoms with Gasteiger partial charge in [0.15, 0.2) is 5.69 Å². The van der Waals surface area contributed by atoms with E-state index in [1.807, 2.05) is 0 Å². The summed E-state index contributed by atoms with van der Waals surface area (Å²) in [5.41, 5.74) is 0.418. The van der Waals surface area contributed by atoms with E-state index in [4.69, 9.17) is 9.90 Å². The quantitative estimate of drug-likeness (QED) is 0.808. The van der Waals surface area contributed by atoms with Crippen LogP contribution in [0, 0.1) is 0 Å². The lowest BCUT2D eigenvalue weighted by molar-refractivity contribution is -0.192. The third-order valence-corrected chi connectivity index (χ3v) is 3.48. The van der Waals surface area contributed by atoms with Crippen molar-refractivity contribution in [3.8, 4) is 0 Å². The van der Waals surface area contributed by atoms with Crippen LogP contribution >= 0.6 is 11.3 Å². The number of aliphatic carboxylic acids is 1. The van der Waals surface area contributed by atoms with E-state index < -0.39 is 12.1 Å². The van der Waals surface area contributed by atoms with Crippen molar-refractivity contribution in [2.75, 3.05) is 13.7 Å². The number of nitrogens with one attached hydrogen (secondary N) is 1. The molecule has 0 spiro atoms. The number of methoxy groups -OCH3 is 1. The lowest BCUT2D eigenvalue weighted by atomic mass is 10.2. The second-order valence-electron chi connectivity index (χ2n) is 4.01. The van der Waals surface area contributed by atoms with Gasteiger partial charge in [0, 0.05) is 5.38 Å². The molecule has 0 saturated carbocycles. The zero-order valence-corrected chi connectivity index (χ0v) is 11.8. The highest BCUT2D eigenvalue weighted by Gasteiger charge is 2.38. The number of rotatable bonds is 2. The van der Waals surface area contributed by atoms with Crippen LogP contribution in [-0.2, 0) is 9.53 Å². The Morgan fingerprint density at radius 3 is 2.57 bits per heavy atom. The Labute approximate surface area is 121 Å². The number of alkyl halides is 3. The van der Waals surface area contributed by atoms with Gasteiger partial charge in [-0.3, -0.25) is 0 Å². The van der Waals surface area contributed by atoms with Crippen LogP contribution in [-0.4, -0.2) is 41.9 Å². The van der Waals surface area contributed by atoms with Crippen LogP contribution in [0.5, 0.6) is 0 Å². The van der Waals surface area contributed by atoms with Crippen molar-refractivity contribution in [3.05, 3.63) is 16.1 Å². The Bertz CT molecular complexity index is 498. The van der Waals surface area contributed by atoms with Gasteiger partial charge in [0.25, 0.3) is 0 Å². The fourth-order valence-corrected chi connectivity index (χ4v) is 2.44. The van der Waals surface area contributed by atoms with Crippen molar-refractivity contribution >= 4 is 23.3 Å². The summed E-state index contributed by atoms with van der Waals surface area (Å²) in [6.07, 6.45) is -2.80. The monoisotopic (exact) mass is 326 g/mol. The number of hydrogen-bond acceptors (Lipinski definition) is 6. The number of carboxylic acid groups (broad SMARTS) is 1. The molecule has 118 valence electrons. The average Bonchev–Trinajstić information content (AvgIpc) is 3.07. The first-order valence-corrected chi connectivity index (χ1v) is 6.71. The lowest BCUT2D eigenvalue weighted by Gasteiger charge is -2.04. The van der Waals surface area contributed by atoms with Gasteiger partial charge in [0.2, 0.25) is 0 Å². The number of esters is 1. The van der Waals surface area contributed by atoms with E-state index in [1.54, 1.807) is 5.38 Å². The number of hydrogen-bond donors (Lipinski definition) is 2. The highest BCUT2D eigenvalue weighted by molar-refractivity contribution is 7.09. The van der Waals surface area contributed by atoms with Gasteiger partial charge in [-0.05, 0) is 19.4 Å². The molecule has 1 aliphatic heterocycles. The number of carboxylic acids is 1. The summed E-state index contributed by atoms with van der Waals surface area (Å²) in [7, 11) is 1.37. The maximum absolute atomic E-state index is 11.1. The van der Waals surface area contributed by atoms with Crippen LogP contribution in [0.2, 0.25) is 0 Å². The second kappa shape index (κ2) is 7.36. The first-order chi connectivity index (χ1) is 9.75. The largest absolute Gasteiger partial charge is 0.490 e. The minimum Gasteiger partial charge on any atom is -0.475 e. The smallest absolute Gasteiger partial charge is 0.475 e. The molecule has 0 aliphatic carbocycles. The topological polar surface area (TPSA) is 88.5 Å². The predicted octanol–water partition coefficient (Wildman–Crippen LogP) is 1.99. The molecule has 1 fully saturated rings. The van der Waals surface area contributed by atoms with Crippen molar-refractivity contribution in [3.63, 3.8) is 0 Å². The van der Waals surface area contributed by atoms with Crippen molar-refractivity contribution in [1.29, 1.82) is 0 Å². The first-order valence-electron chi connectivity index (χ1n) is 5.83. The highest BCUT2D eigenvalue weighted by Crippen LogP contribution is 2.25. The van der Waals surface area contributed by atoms with Gasteiger partial charge < -0.3 is 15.2 Å². The highest BCUT2D eigenvalue weighted by atomic mass is 32.1. The van der Waals surface area contributed by atoms with Gasteiger partial charge in [-0.2, -0.15) is 13.2 Å². The fraction of sp³-hybridized carbons (Fsp3) is 0.545. The number of nitrogens with zero attached hydrogens (tertiary/aromatic N) is 1. The number of aromatic nitrogens is 1. The van der Waals surface area contributed by atoms with Gasteiger partial charge in [-0.1, -0.05) is 0 Å². The molecule has 2 rings (SSSR count). The SMILES string of the molecule is COC(=O)c1csc([C@@H]2CCCN2)n1.O=C(O)C(F)(F)F. The van der Waals surface area contributed by atoms with Gasteiger partial charge in [0.1, 0.15) is 5.01 Å². The summed E-state index contributed by atoms with van der Waals surface area (Å²) in [5, 5.41) is 13.2. The summed E-state index contributed by atoms with van der Waals surface area (Å²) in [6.45, 7) is 1.04. The number of halogens is 3. The molecule has 6 nitrogen and oxygen atoms in total. The molecule has 0 radical (unpaired) electrons. The van der Waals surface area contributed by atoms with Crippen molar-refractivity contribution in [2.45, 2.75) is 25.1 Å². The molecule has 0 bridgehead atoms. The van der Waals surface area contributed by atoms with Crippen molar-refractivity contribution in [1.82, 2.24) is 10.3 Å². The van der Waals surface area contributed by atoms with Crippen LogP contribution < -0.4 is 5.32 Å². The van der Waals surface area contributed by atoms with Crippen LogP contribution in [0.3, 0.4) is 0 Å². The molecular formula is C11H13F3N2O4S. The number of ether oxygens (including phenoxy) is 1. The average molecular weight is 326 g/mol. The van der Waals surface area contributed by atoms with Gasteiger partial charge >= 0.3 is 18.1 Å². The normalized spacial score (nSPS) is 17.8. The Hall–Kier alpha value is -1.68. The molecule has 1 atom stereocenters. The van der Waals surface area contributed by atoms with E-state index in [9.17, 15) is 18.0 Å². The molecule has 0 aromatic carbocycles. The summed E-state index contributed by atoms with van der Waals surface area (Å²) in [4.78, 5) is 24.3. The minimum atomic E-state index is -5.08. The van der Waals surface area contributed by atoms with Crippen molar-refractivity contribution in [2.24, 2.45) is 0 Å². The molecule has 1 aliphatic rings. The first kappa shape index (κ1) is 17.4. The van der Waals surface area contributed by atoms with Crippen LogP contribution in [0.25, 0.3) is 0 Å². The Kier molecular flexibility index (Phi) is 6.09. The number of carbonyl (C=O) groups is 2. The van der Waals surface area contributed by atoms with Crippen LogP contribution in [0.4, 0.5) is 13.2 Å². The zero-order valence-electron chi connectivity index (χ0n) is 10.9. The molecule has 21 heavy (non-hydrogen) atoms. The Morgan fingerprint density at radius 2 is 2.14 bits per heavy atom. The molecular weight excluding hydrogens is 313 g/mol. The standard InChI is InChI=1S/C9H12N2O2S.C2HF3O2/c1-13-9(12)7-5-14-8(11-7)6-3-2-4-10-6;3-2(4,5)1(6)7/h5-6,10H,2-4H2,1H3;(H,6,7)/t6-;/m0./s1. The summed E-state index contributed by atoms with van der Waals surface area (Å²) in [6, 6.07) is 0.332.